The number of hydrogen-bond acceptors (Lipinski definition) is 3. The summed E-state index contributed by atoms with van der Waals surface area (Å²) in [6.07, 6.45) is 1.08. The minimum Gasteiger partial charge on any atom is -0.385 e. The average molecular weight is 271 g/mol. The first-order valence-electron chi connectivity index (χ1n) is 6.34. The average Bonchev–Trinajstić information content (AvgIpc) is 2.37. The molecule has 1 aliphatic rings. The Morgan fingerprint density at radius 2 is 2.17 bits per heavy atom. The van der Waals surface area contributed by atoms with Crippen molar-refractivity contribution in [2.45, 2.75) is 19.4 Å². The minimum atomic E-state index is 0. The Hall–Kier alpha value is -0.770. The molecule has 102 valence electrons. The van der Waals surface area contributed by atoms with Gasteiger partial charge in [0.15, 0.2) is 0 Å². The first-order valence-corrected chi connectivity index (χ1v) is 6.34. The van der Waals surface area contributed by atoms with E-state index < -0.39 is 0 Å². The molecule has 1 fully saturated rings. The molecule has 1 atom stereocenters. The number of piperazine rings is 1. The van der Waals surface area contributed by atoms with Crippen molar-refractivity contribution in [3.8, 4) is 0 Å². The molecule has 1 aromatic carbocycles. The fraction of sp³-hybridized carbons (Fsp3) is 0.571. The van der Waals surface area contributed by atoms with Gasteiger partial charge in [-0.05, 0) is 25.0 Å². The van der Waals surface area contributed by atoms with Gasteiger partial charge in [0, 0.05) is 45.1 Å². The SMILES string of the molecule is COCCC1CN(c2ccccc2C)CCN1.Cl. The topological polar surface area (TPSA) is 24.5 Å². The van der Waals surface area contributed by atoms with Crippen LogP contribution in [0.3, 0.4) is 0 Å². The number of anilines is 1. The molecular formula is C14H23ClN2O. The maximum atomic E-state index is 5.15. The summed E-state index contributed by atoms with van der Waals surface area (Å²) in [4.78, 5) is 2.48. The van der Waals surface area contributed by atoms with Gasteiger partial charge in [-0.25, -0.2) is 0 Å². The summed E-state index contributed by atoms with van der Waals surface area (Å²) in [5, 5.41) is 3.55. The normalized spacial score (nSPS) is 19.4. The van der Waals surface area contributed by atoms with Crippen LogP contribution in [0.4, 0.5) is 5.69 Å². The third kappa shape index (κ3) is 3.87. The maximum absolute atomic E-state index is 5.15. The molecular weight excluding hydrogens is 248 g/mol. The maximum Gasteiger partial charge on any atom is 0.0477 e. The Morgan fingerprint density at radius 1 is 1.39 bits per heavy atom. The molecule has 1 N–H and O–H groups in total. The second kappa shape index (κ2) is 7.62. The summed E-state index contributed by atoms with van der Waals surface area (Å²) in [6, 6.07) is 9.16. The molecule has 1 aliphatic heterocycles. The van der Waals surface area contributed by atoms with E-state index in [1.54, 1.807) is 7.11 Å². The molecule has 0 radical (unpaired) electrons. The number of rotatable bonds is 4. The molecule has 18 heavy (non-hydrogen) atoms. The lowest BCUT2D eigenvalue weighted by Gasteiger charge is -2.36. The number of hydrogen-bond donors (Lipinski definition) is 1. The van der Waals surface area contributed by atoms with E-state index in [-0.39, 0.29) is 12.4 Å². The van der Waals surface area contributed by atoms with Crippen LogP contribution in [0.15, 0.2) is 24.3 Å². The summed E-state index contributed by atoms with van der Waals surface area (Å²) >= 11 is 0. The minimum absolute atomic E-state index is 0. The van der Waals surface area contributed by atoms with Gasteiger partial charge >= 0.3 is 0 Å². The van der Waals surface area contributed by atoms with Crippen molar-refractivity contribution >= 4 is 18.1 Å². The van der Waals surface area contributed by atoms with E-state index in [9.17, 15) is 0 Å². The lowest BCUT2D eigenvalue weighted by molar-refractivity contribution is 0.181. The number of benzene rings is 1. The fourth-order valence-electron chi connectivity index (χ4n) is 2.42. The van der Waals surface area contributed by atoms with E-state index in [1.807, 2.05) is 0 Å². The second-order valence-corrected chi connectivity index (χ2v) is 4.67. The fourth-order valence-corrected chi connectivity index (χ4v) is 2.42. The van der Waals surface area contributed by atoms with E-state index in [0.29, 0.717) is 6.04 Å². The van der Waals surface area contributed by atoms with Crippen molar-refractivity contribution in [2.24, 2.45) is 0 Å². The van der Waals surface area contributed by atoms with Crippen LogP contribution in [0.2, 0.25) is 0 Å². The number of aryl methyl sites for hydroxylation is 1. The molecule has 1 aromatic rings. The number of ether oxygens (including phenoxy) is 1. The summed E-state index contributed by atoms with van der Waals surface area (Å²) < 4.78 is 5.15. The Morgan fingerprint density at radius 3 is 2.89 bits per heavy atom. The van der Waals surface area contributed by atoms with Gasteiger partial charge in [0.1, 0.15) is 0 Å². The Kier molecular flexibility index (Phi) is 6.47. The van der Waals surface area contributed by atoms with E-state index in [1.165, 1.54) is 11.3 Å². The van der Waals surface area contributed by atoms with Gasteiger partial charge in [0.05, 0.1) is 0 Å². The van der Waals surface area contributed by atoms with Gasteiger partial charge < -0.3 is 15.0 Å². The van der Waals surface area contributed by atoms with Crippen LogP contribution in [0, 0.1) is 6.92 Å². The van der Waals surface area contributed by atoms with Gasteiger partial charge in [-0.2, -0.15) is 0 Å². The van der Waals surface area contributed by atoms with Crippen LogP contribution in [-0.2, 0) is 4.74 Å². The number of methoxy groups -OCH3 is 1. The molecule has 0 spiro atoms. The molecule has 0 amide bonds. The van der Waals surface area contributed by atoms with Gasteiger partial charge in [0.2, 0.25) is 0 Å². The number of para-hydroxylation sites is 1. The first-order chi connectivity index (χ1) is 8.31. The Labute approximate surface area is 116 Å². The predicted octanol–water partition coefficient (Wildman–Crippen LogP) is 2.23. The summed E-state index contributed by atoms with van der Waals surface area (Å²) in [6.45, 7) is 6.24. The van der Waals surface area contributed by atoms with E-state index in [4.69, 9.17) is 4.74 Å². The third-order valence-electron chi connectivity index (χ3n) is 3.38. The molecule has 1 heterocycles. The molecule has 3 nitrogen and oxygen atoms in total. The molecule has 0 bridgehead atoms. The lowest BCUT2D eigenvalue weighted by atomic mass is 10.1. The van der Waals surface area contributed by atoms with Crippen molar-refractivity contribution in [3.63, 3.8) is 0 Å². The highest BCUT2D eigenvalue weighted by atomic mass is 35.5. The van der Waals surface area contributed by atoms with Gasteiger partial charge in [0.25, 0.3) is 0 Å². The zero-order valence-electron chi connectivity index (χ0n) is 11.2. The van der Waals surface area contributed by atoms with Gasteiger partial charge in [-0.15, -0.1) is 12.4 Å². The predicted molar refractivity (Wildman–Crippen MR) is 78.9 cm³/mol. The Bertz CT molecular complexity index is 359. The van der Waals surface area contributed by atoms with Crippen molar-refractivity contribution in [1.29, 1.82) is 0 Å². The summed E-state index contributed by atoms with van der Waals surface area (Å²) in [5.41, 5.74) is 2.73. The zero-order valence-corrected chi connectivity index (χ0v) is 12.0. The Balaban J connectivity index is 0.00000162. The van der Waals surface area contributed by atoms with Crippen LogP contribution < -0.4 is 10.2 Å². The summed E-state index contributed by atoms with van der Waals surface area (Å²) in [5.74, 6) is 0. The summed E-state index contributed by atoms with van der Waals surface area (Å²) in [7, 11) is 1.77. The van der Waals surface area contributed by atoms with Crippen molar-refractivity contribution < 1.29 is 4.74 Å². The molecule has 2 rings (SSSR count). The van der Waals surface area contributed by atoms with Crippen molar-refractivity contribution in [2.75, 3.05) is 38.3 Å². The monoisotopic (exact) mass is 270 g/mol. The molecule has 0 saturated carbocycles. The molecule has 0 aliphatic carbocycles. The molecule has 1 saturated heterocycles. The quantitative estimate of drug-likeness (QED) is 0.908. The van der Waals surface area contributed by atoms with Crippen LogP contribution >= 0.6 is 12.4 Å². The second-order valence-electron chi connectivity index (χ2n) is 4.67. The number of nitrogens with one attached hydrogen (secondary N) is 1. The van der Waals surface area contributed by atoms with Crippen molar-refractivity contribution in [1.82, 2.24) is 5.32 Å². The standard InChI is InChI=1S/C14H22N2O.ClH/c1-12-5-3-4-6-14(12)16-9-8-15-13(11-16)7-10-17-2;/h3-6,13,15H,7-11H2,1-2H3;1H. The van der Waals surface area contributed by atoms with E-state index in [2.05, 4.69) is 41.4 Å². The number of nitrogens with zero attached hydrogens (tertiary/aromatic N) is 1. The van der Waals surface area contributed by atoms with E-state index >= 15 is 0 Å². The highest BCUT2D eigenvalue weighted by molar-refractivity contribution is 5.85. The third-order valence-corrected chi connectivity index (χ3v) is 3.38. The smallest absolute Gasteiger partial charge is 0.0477 e. The van der Waals surface area contributed by atoms with Gasteiger partial charge in [-0.3, -0.25) is 0 Å². The molecule has 0 aromatic heterocycles. The first kappa shape index (κ1) is 15.3. The van der Waals surface area contributed by atoms with Gasteiger partial charge in [-0.1, -0.05) is 18.2 Å². The highest BCUT2D eigenvalue weighted by Gasteiger charge is 2.19. The number of halogens is 1. The highest BCUT2D eigenvalue weighted by Crippen LogP contribution is 2.20. The van der Waals surface area contributed by atoms with E-state index in [0.717, 1.165) is 32.7 Å². The van der Waals surface area contributed by atoms with Crippen molar-refractivity contribution in [3.05, 3.63) is 29.8 Å². The molecule has 4 heteroatoms. The van der Waals surface area contributed by atoms with Crippen LogP contribution in [0.25, 0.3) is 0 Å². The van der Waals surface area contributed by atoms with Crippen LogP contribution in [0.5, 0.6) is 0 Å². The van der Waals surface area contributed by atoms with Crippen LogP contribution in [0.1, 0.15) is 12.0 Å². The largest absolute Gasteiger partial charge is 0.385 e. The van der Waals surface area contributed by atoms with Crippen LogP contribution in [-0.4, -0.2) is 39.4 Å². The molecule has 1 unspecified atom stereocenters. The zero-order chi connectivity index (χ0) is 12.1. The lowest BCUT2D eigenvalue weighted by Crippen LogP contribution is -2.51.